The second-order valence-electron chi connectivity index (χ2n) is 3.64. The van der Waals surface area contributed by atoms with Crippen LogP contribution in [0.2, 0.25) is 0 Å². The largest absolute Gasteiger partial charge is 0.494 e. The van der Waals surface area contributed by atoms with Crippen LogP contribution in [0.5, 0.6) is 5.75 Å². The lowest BCUT2D eigenvalue weighted by atomic mass is 10.3. The number of hydrogen-bond donors (Lipinski definition) is 1. The summed E-state index contributed by atoms with van der Waals surface area (Å²) in [5, 5.41) is 0. The number of nitrogens with one attached hydrogen (secondary N) is 1. The molecule has 0 atom stereocenters. The normalized spacial score (nSPS) is 11.1. The Kier molecular flexibility index (Phi) is 3.66. The standard InChI is InChI=1S/C12H11FN2O3S/c1-18-12-5-4-10(7-11(12)13)19(16,17)15-9-3-2-6-14-8-9/h2-8,15H,1H3. The van der Waals surface area contributed by atoms with Gasteiger partial charge in [0.25, 0.3) is 10.0 Å². The Morgan fingerprint density at radius 1 is 1.32 bits per heavy atom. The van der Waals surface area contributed by atoms with Crippen molar-refractivity contribution in [3.05, 3.63) is 48.5 Å². The topological polar surface area (TPSA) is 68.3 Å². The minimum Gasteiger partial charge on any atom is -0.494 e. The first kappa shape index (κ1) is 13.3. The quantitative estimate of drug-likeness (QED) is 0.931. The minimum atomic E-state index is -3.85. The number of aromatic nitrogens is 1. The molecule has 0 fully saturated rings. The Labute approximate surface area is 110 Å². The highest BCUT2D eigenvalue weighted by atomic mass is 32.2. The molecule has 0 aliphatic carbocycles. The SMILES string of the molecule is COc1ccc(S(=O)(=O)Nc2cccnc2)cc1F. The van der Waals surface area contributed by atoms with Gasteiger partial charge in [0.1, 0.15) is 0 Å². The summed E-state index contributed by atoms with van der Waals surface area (Å²) in [6, 6.07) is 6.56. The third kappa shape index (κ3) is 3.00. The zero-order valence-electron chi connectivity index (χ0n) is 10.00. The van der Waals surface area contributed by atoms with Gasteiger partial charge >= 0.3 is 0 Å². The lowest BCUT2D eigenvalue weighted by Gasteiger charge is -2.08. The number of anilines is 1. The number of halogens is 1. The highest BCUT2D eigenvalue weighted by Gasteiger charge is 2.16. The van der Waals surface area contributed by atoms with Crippen LogP contribution in [-0.2, 0) is 10.0 Å². The Morgan fingerprint density at radius 2 is 2.11 bits per heavy atom. The molecule has 0 aliphatic heterocycles. The average Bonchev–Trinajstić information content (AvgIpc) is 2.39. The number of benzene rings is 1. The highest BCUT2D eigenvalue weighted by molar-refractivity contribution is 7.92. The summed E-state index contributed by atoms with van der Waals surface area (Å²) < 4.78 is 44.5. The maximum Gasteiger partial charge on any atom is 0.262 e. The van der Waals surface area contributed by atoms with Crippen LogP contribution in [-0.4, -0.2) is 20.5 Å². The van der Waals surface area contributed by atoms with E-state index in [1.807, 2.05) is 0 Å². The van der Waals surface area contributed by atoms with Crippen molar-refractivity contribution in [3.8, 4) is 5.75 Å². The van der Waals surface area contributed by atoms with Gasteiger partial charge in [-0.2, -0.15) is 0 Å². The molecule has 0 aliphatic rings. The van der Waals surface area contributed by atoms with Crippen LogP contribution in [0.15, 0.2) is 47.6 Å². The summed E-state index contributed by atoms with van der Waals surface area (Å²) >= 11 is 0. The molecule has 0 spiro atoms. The van der Waals surface area contributed by atoms with Crippen LogP contribution in [0.25, 0.3) is 0 Å². The third-order valence-electron chi connectivity index (χ3n) is 2.35. The molecule has 2 rings (SSSR count). The smallest absolute Gasteiger partial charge is 0.262 e. The first-order valence-electron chi connectivity index (χ1n) is 5.29. The number of sulfonamides is 1. The van der Waals surface area contributed by atoms with Crippen molar-refractivity contribution in [3.63, 3.8) is 0 Å². The van der Waals surface area contributed by atoms with Gasteiger partial charge in [0.2, 0.25) is 0 Å². The lowest BCUT2D eigenvalue weighted by Crippen LogP contribution is -2.13. The number of ether oxygens (including phenoxy) is 1. The molecular formula is C12H11FN2O3S. The predicted molar refractivity (Wildman–Crippen MR) is 68.0 cm³/mol. The Bertz CT molecular complexity index is 675. The summed E-state index contributed by atoms with van der Waals surface area (Å²) in [5.41, 5.74) is 0.304. The molecule has 0 radical (unpaired) electrons. The minimum absolute atomic E-state index is 0.0136. The van der Waals surface area contributed by atoms with Crippen molar-refractivity contribution < 1.29 is 17.5 Å². The Morgan fingerprint density at radius 3 is 2.68 bits per heavy atom. The fourth-order valence-electron chi connectivity index (χ4n) is 1.45. The van der Waals surface area contributed by atoms with Gasteiger partial charge in [-0.15, -0.1) is 0 Å². The molecule has 5 nitrogen and oxygen atoms in total. The molecule has 100 valence electrons. The van der Waals surface area contributed by atoms with E-state index in [1.165, 1.54) is 31.6 Å². The molecule has 1 aromatic carbocycles. The summed E-state index contributed by atoms with van der Waals surface area (Å²) in [7, 11) is -2.54. The Balaban J connectivity index is 2.32. The van der Waals surface area contributed by atoms with Gasteiger partial charge in [0.15, 0.2) is 11.6 Å². The van der Waals surface area contributed by atoms with Crippen LogP contribution in [0.1, 0.15) is 0 Å². The van der Waals surface area contributed by atoms with Gasteiger partial charge in [0.05, 0.1) is 23.9 Å². The van der Waals surface area contributed by atoms with E-state index in [0.29, 0.717) is 5.69 Å². The monoisotopic (exact) mass is 282 g/mol. The fourth-order valence-corrected chi connectivity index (χ4v) is 2.51. The Hall–Kier alpha value is -2.15. The summed E-state index contributed by atoms with van der Waals surface area (Å²) in [4.78, 5) is 3.60. The molecule has 1 aromatic heterocycles. The molecule has 0 saturated heterocycles. The van der Waals surface area contributed by atoms with Crippen molar-refractivity contribution in [2.45, 2.75) is 4.90 Å². The van der Waals surface area contributed by atoms with Crippen molar-refractivity contribution in [1.82, 2.24) is 4.98 Å². The van der Waals surface area contributed by atoms with E-state index >= 15 is 0 Å². The van der Waals surface area contributed by atoms with E-state index in [4.69, 9.17) is 4.74 Å². The molecular weight excluding hydrogens is 271 g/mol. The van der Waals surface area contributed by atoms with E-state index < -0.39 is 15.8 Å². The van der Waals surface area contributed by atoms with Crippen molar-refractivity contribution in [2.75, 3.05) is 11.8 Å². The van der Waals surface area contributed by atoms with Gasteiger partial charge < -0.3 is 4.74 Å². The molecule has 1 N–H and O–H groups in total. The van der Waals surface area contributed by atoms with Gasteiger partial charge in [0, 0.05) is 6.20 Å². The number of pyridine rings is 1. The van der Waals surface area contributed by atoms with Crippen LogP contribution < -0.4 is 9.46 Å². The molecule has 0 amide bonds. The molecule has 2 aromatic rings. The zero-order chi connectivity index (χ0) is 13.9. The van der Waals surface area contributed by atoms with Crippen LogP contribution in [0.3, 0.4) is 0 Å². The average molecular weight is 282 g/mol. The van der Waals surface area contributed by atoms with Crippen molar-refractivity contribution in [1.29, 1.82) is 0 Å². The maximum atomic E-state index is 13.5. The van der Waals surface area contributed by atoms with Gasteiger partial charge in [-0.05, 0) is 30.3 Å². The molecule has 0 unspecified atom stereocenters. The number of hydrogen-bond acceptors (Lipinski definition) is 4. The highest BCUT2D eigenvalue weighted by Crippen LogP contribution is 2.22. The van der Waals surface area contributed by atoms with E-state index in [1.54, 1.807) is 12.1 Å². The molecule has 7 heteroatoms. The van der Waals surface area contributed by atoms with E-state index in [0.717, 1.165) is 6.07 Å². The van der Waals surface area contributed by atoms with Crippen LogP contribution >= 0.6 is 0 Å². The van der Waals surface area contributed by atoms with Gasteiger partial charge in [-0.3, -0.25) is 9.71 Å². The molecule has 0 bridgehead atoms. The summed E-state index contributed by atoms with van der Waals surface area (Å²) in [5.74, 6) is -0.753. The maximum absolute atomic E-state index is 13.5. The molecule has 19 heavy (non-hydrogen) atoms. The van der Waals surface area contributed by atoms with E-state index in [2.05, 4.69) is 9.71 Å². The predicted octanol–water partition coefficient (Wildman–Crippen LogP) is 2.03. The number of nitrogens with zero attached hydrogens (tertiary/aromatic N) is 1. The number of methoxy groups -OCH3 is 1. The summed E-state index contributed by atoms with van der Waals surface area (Å²) in [6.45, 7) is 0. The first-order chi connectivity index (χ1) is 9.03. The number of rotatable bonds is 4. The molecule has 1 heterocycles. The van der Waals surface area contributed by atoms with Crippen molar-refractivity contribution >= 4 is 15.7 Å². The van der Waals surface area contributed by atoms with Gasteiger partial charge in [-0.1, -0.05) is 0 Å². The van der Waals surface area contributed by atoms with E-state index in [9.17, 15) is 12.8 Å². The first-order valence-corrected chi connectivity index (χ1v) is 6.77. The van der Waals surface area contributed by atoms with Crippen LogP contribution in [0, 0.1) is 5.82 Å². The third-order valence-corrected chi connectivity index (χ3v) is 3.73. The fraction of sp³-hybridized carbons (Fsp3) is 0.0833. The second kappa shape index (κ2) is 5.23. The zero-order valence-corrected chi connectivity index (χ0v) is 10.8. The lowest BCUT2D eigenvalue weighted by molar-refractivity contribution is 0.385. The second-order valence-corrected chi connectivity index (χ2v) is 5.33. The van der Waals surface area contributed by atoms with Crippen LogP contribution in [0.4, 0.5) is 10.1 Å². The molecule has 0 saturated carbocycles. The van der Waals surface area contributed by atoms with Crippen molar-refractivity contribution in [2.24, 2.45) is 0 Å². The summed E-state index contributed by atoms with van der Waals surface area (Å²) in [6.07, 6.45) is 2.88. The van der Waals surface area contributed by atoms with E-state index in [-0.39, 0.29) is 10.6 Å². The van der Waals surface area contributed by atoms with Gasteiger partial charge in [-0.25, -0.2) is 12.8 Å².